The summed E-state index contributed by atoms with van der Waals surface area (Å²) >= 11 is 0. The van der Waals surface area contributed by atoms with Crippen LogP contribution in [-0.2, 0) is 28.6 Å². The molecular formula is C18H28O6. The van der Waals surface area contributed by atoms with Crippen molar-refractivity contribution in [3.8, 4) is 0 Å². The molecule has 0 aromatic rings. The van der Waals surface area contributed by atoms with Crippen molar-refractivity contribution in [2.75, 3.05) is 0 Å². The Labute approximate surface area is 143 Å². The lowest BCUT2D eigenvalue weighted by Gasteiger charge is -2.37. The molecule has 2 rings (SSSR count). The van der Waals surface area contributed by atoms with Gasteiger partial charge in [-0.1, -0.05) is 6.92 Å². The van der Waals surface area contributed by atoms with Crippen molar-refractivity contribution in [1.82, 2.24) is 0 Å². The van der Waals surface area contributed by atoms with E-state index in [9.17, 15) is 14.4 Å². The van der Waals surface area contributed by atoms with Gasteiger partial charge in [0.05, 0.1) is 11.3 Å². The minimum atomic E-state index is -1.39. The lowest BCUT2D eigenvalue weighted by atomic mass is 9.80. The van der Waals surface area contributed by atoms with E-state index >= 15 is 0 Å². The molecule has 2 aliphatic rings. The molecule has 0 N–H and O–H groups in total. The summed E-state index contributed by atoms with van der Waals surface area (Å²) < 4.78 is 16.4. The largest absolute Gasteiger partial charge is 0.455 e. The number of hydrogen-bond donors (Lipinski definition) is 0. The maximum atomic E-state index is 12.5. The Morgan fingerprint density at radius 2 is 1.83 bits per heavy atom. The third-order valence-corrected chi connectivity index (χ3v) is 5.30. The van der Waals surface area contributed by atoms with Crippen LogP contribution in [0.15, 0.2) is 0 Å². The predicted octanol–water partition coefficient (Wildman–Crippen LogP) is 2.77. The SMILES string of the molecule is CCC(C)(C)C(=O)OC(C)(C)C(=O)OC1CCC2CC1(C)OC2=O. The summed E-state index contributed by atoms with van der Waals surface area (Å²) in [6.45, 7) is 10.3. The minimum absolute atomic E-state index is 0.0962. The summed E-state index contributed by atoms with van der Waals surface area (Å²) in [7, 11) is 0. The molecule has 6 heteroatoms. The average Bonchev–Trinajstić information content (AvgIpc) is 2.72. The third-order valence-electron chi connectivity index (χ3n) is 5.30. The van der Waals surface area contributed by atoms with Gasteiger partial charge in [-0.15, -0.1) is 0 Å². The fourth-order valence-corrected chi connectivity index (χ4v) is 3.01. The molecule has 0 radical (unpaired) electrons. The standard InChI is InChI=1S/C18H28O6/c1-7-16(2,3)14(20)24-17(4,5)15(21)22-12-9-8-11-10-18(12,6)23-13(11)19/h11-12H,7-10H2,1-6H3. The molecular weight excluding hydrogens is 312 g/mol. The molecule has 24 heavy (non-hydrogen) atoms. The Balaban J connectivity index is 2.03. The van der Waals surface area contributed by atoms with Crippen LogP contribution in [-0.4, -0.2) is 35.2 Å². The Kier molecular flexibility index (Phi) is 4.72. The van der Waals surface area contributed by atoms with Crippen molar-refractivity contribution in [3.63, 3.8) is 0 Å². The molecule has 1 aliphatic carbocycles. The normalized spacial score (nSPS) is 29.8. The van der Waals surface area contributed by atoms with Gasteiger partial charge >= 0.3 is 17.9 Å². The van der Waals surface area contributed by atoms with Crippen LogP contribution in [0.3, 0.4) is 0 Å². The molecule has 1 saturated carbocycles. The van der Waals surface area contributed by atoms with Gasteiger partial charge in [0.1, 0.15) is 11.7 Å². The summed E-state index contributed by atoms with van der Waals surface area (Å²) in [6.07, 6.45) is 1.88. The van der Waals surface area contributed by atoms with E-state index < -0.39 is 34.7 Å². The smallest absolute Gasteiger partial charge is 0.350 e. The minimum Gasteiger partial charge on any atom is -0.455 e. The van der Waals surface area contributed by atoms with Crippen LogP contribution in [0.4, 0.5) is 0 Å². The highest BCUT2D eigenvalue weighted by atomic mass is 16.6. The van der Waals surface area contributed by atoms with Gasteiger partial charge in [0, 0.05) is 6.42 Å². The highest BCUT2D eigenvalue weighted by Gasteiger charge is 2.54. The molecule has 0 spiro atoms. The van der Waals surface area contributed by atoms with Crippen LogP contribution in [0, 0.1) is 11.3 Å². The first-order chi connectivity index (χ1) is 10.9. The maximum absolute atomic E-state index is 12.5. The van der Waals surface area contributed by atoms with Crippen molar-refractivity contribution >= 4 is 17.9 Å². The molecule has 3 unspecified atom stereocenters. The molecule has 6 nitrogen and oxygen atoms in total. The van der Waals surface area contributed by atoms with Gasteiger partial charge in [-0.25, -0.2) is 4.79 Å². The van der Waals surface area contributed by atoms with Crippen LogP contribution in [0.2, 0.25) is 0 Å². The highest BCUT2D eigenvalue weighted by Crippen LogP contribution is 2.44. The number of esters is 3. The number of carbonyl (C=O) groups is 3. The fraction of sp³-hybridized carbons (Fsp3) is 0.833. The van der Waals surface area contributed by atoms with Gasteiger partial charge in [-0.05, 0) is 53.9 Å². The summed E-state index contributed by atoms with van der Waals surface area (Å²) in [5, 5.41) is 0. The second kappa shape index (κ2) is 6.05. The van der Waals surface area contributed by atoms with Crippen molar-refractivity contribution in [2.45, 2.75) is 84.5 Å². The number of hydrogen-bond acceptors (Lipinski definition) is 6. The molecule has 0 aromatic heterocycles. The van der Waals surface area contributed by atoms with Gasteiger partial charge in [0.2, 0.25) is 5.60 Å². The second-order valence-corrected chi connectivity index (χ2v) is 8.24. The van der Waals surface area contributed by atoms with Crippen LogP contribution in [0.5, 0.6) is 0 Å². The first-order valence-electron chi connectivity index (χ1n) is 8.59. The van der Waals surface area contributed by atoms with Gasteiger partial charge in [0.25, 0.3) is 0 Å². The van der Waals surface area contributed by atoms with Crippen LogP contribution >= 0.6 is 0 Å². The Bertz CT molecular complexity index is 550. The first kappa shape index (κ1) is 18.7. The number of rotatable bonds is 5. The van der Waals surface area contributed by atoms with Gasteiger partial charge in [-0.3, -0.25) is 9.59 Å². The predicted molar refractivity (Wildman–Crippen MR) is 86.0 cm³/mol. The summed E-state index contributed by atoms with van der Waals surface area (Å²) in [6, 6.07) is 0. The molecule has 1 saturated heterocycles. The monoisotopic (exact) mass is 340 g/mol. The topological polar surface area (TPSA) is 78.9 Å². The average molecular weight is 340 g/mol. The summed E-state index contributed by atoms with van der Waals surface area (Å²) in [4.78, 5) is 36.5. The van der Waals surface area contributed by atoms with Crippen LogP contribution < -0.4 is 0 Å². The summed E-state index contributed by atoms with van der Waals surface area (Å²) in [5.41, 5.74) is -2.83. The zero-order valence-corrected chi connectivity index (χ0v) is 15.4. The number of carbonyl (C=O) groups excluding carboxylic acids is 3. The van der Waals surface area contributed by atoms with Crippen LogP contribution in [0.1, 0.15) is 67.2 Å². The van der Waals surface area contributed by atoms with Crippen molar-refractivity contribution < 1.29 is 28.6 Å². The maximum Gasteiger partial charge on any atom is 0.350 e. The number of ether oxygens (including phenoxy) is 3. The van der Waals surface area contributed by atoms with E-state index in [1.807, 2.05) is 6.92 Å². The zero-order valence-electron chi connectivity index (χ0n) is 15.4. The van der Waals surface area contributed by atoms with E-state index in [0.29, 0.717) is 25.7 Å². The highest BCUT2D eigenvalue weighted by molar-refractivity contribution is 5.84. The van der Waals surface area contributed by atoms with E-state index in [4.69, 9.17) is 14.2 Å². The Morgan fingerprint density at radius 1 is 1.21 bits per heavy atom. The van der Waals surface area contributed by atoms with E-state index in [-0.39, 0.29) is 11.9 Å². The van der Waals surface area contributed by atoms with E-state index in [1.165, 1.54) is 13.8 Å². The second-order valence-electron chi connectivity index (χ2n) is 8.24. The van der Waals surface area contributed by atoms with E-state index in [2.05, 4.69) is 0 Å². The van der Waals surface area contributed by atoms with Gasteiger partial charge in [0.15, 0.2) is 0 Å². The fourth-order valence-electron chi connectivity index (χ4n) is 3.01. The van der Waals surface area contributed by atoms with E-state index in [1.54, 1.807) is 20.8 Å². The first-order valence-corrected chi connectivity index (χ1v) is 8.59. The molecule has 136 valence electrons. The number of fused-ring (bicyclic) bond motifs is 2. The molecule has 2 bridgehead atoms. The third kappa shape index (κ3) is 3.42. The Hall–Kier alpha value is -1.59. The van der Waals surface area contributed by atoms with Crippen molar-refractivity contribution in [2.24, 2.45) is 11.3 Å². The Morgan fingerprint density at radius 3 is 2.42 bits per heavy atom. The van der Waals surface area contributed by atoms with E-state index in [0.717, 1.165) is 0 Å². The zero-order chi connectivity index (χ0) is 18.3. The van der Waals surface area contributed by atoms with Crippen molar-refractivity contribution in [1.29, 1.82) is 0 Å². The van der Waals surface area contributed by atoms with Crippen molar-refractivity contribution in [3.05, 3.63) is 0 Å². The van der Waals surface area contributed by atoms with Gasteiger partial charge in [-0.2, -0.15) is 0 Å². The lowest BCUT2D eigenvalue weighted by Crippen LogP contribution is -2.49. The van der Waals surface area contributed by atoms with Crippen LogP contribution in [0.25, 0.3) is 0 Å². The summed E-state index contributed by atoms with van der Waals surface area (Å²) in [5.74, 6) is -1.36. The molecule has 0 aromatic carbocycles. The molecule has 1 aliphatic heterocycles. The van der Waals surface area contributed by atoms with Gasteiger partial charge < -0.3 is 14.2 Å². The lowest BCUT2D eigenvalue weighted by molar-refractivity contribution is -0.197. The molecule has 1 heterocycles. The molecule has 0 amide bonds. The quantitative estimate of drug-likeness (QED) is 0.565. The molecule has 3 atom stereocenters. The molecule has 2 fully saturated rings.